The van der Waals surface area contributed by atoms with Gasteiger partial charge in [-0.15, -0.1) is 5.01 Å². The standard InChI is InChI=1S/C18H26N2O7S/c1-6-10-26-17(22)19(18(23)27-11-7-2)20(28(5,24)25)16-12-13(3)8-9-15(16)14(4)21/h6-7,12,15-16H,1-2,8-11H2,3-5H3/t15-,16-/m0/s1. The molecule has 0 radical (unpaired) electrons. The minimum absolute atomic E-state index is 0.253. The van der Waals surface area contributed by atoms with Crippen molar-refractivity contribution in [1.82, 2.24) is 9.42 Å². The van der Waals surface area contributed by atoms with Crippen molar-refractivity contribution in [1.29, 1.82) is 0 Å². The first-order valence-electron chi connectivity index (χ1n) is 8.57. The first-order valence-corrected chi connectivity index (χ1v) is 10.4. The second kappa shape index (κ2) is 10.2. The van der Waals surface area contributed by atoms with E-state index in [1.165, 1.54) is 19.1 Å². The lowest BCUT2D eigenvalue weighted by Crippen LogP contribution is -2.59. The van der Waals surface area contributed by atoms with Gasteiger partial charge >= 0.3 is 12.2 Å². The third-order valence-corrected chi connectivity index (χ3v) is 5.11. The van der Waals surface area contributed by atoms with Gasteiger partial charge in [-0.25, -0.2) is 18.0 Å². The monoisotopic (exact) mass is 414 g/mol. The van der Waals surface area contributed by atoms with E-state index in [1.807, 2.05) is 0 Å². The Morgan fingerprint density at radius 1 is 1.18 bits per heavy atom. The number of hydrazine groups is 1. The molecule has 0 N–H and O–H groups in total. The molecule has 0 aromatic rings. The van der Waals surface area contributed by atoms with Crippen LogP contribution in [0.5, 0.6) is 0 Å². The van der Waals surface area contributed by atoms with Gasteiger partial charge in [0.1, 0.15) is 19.0 Å². The summed E-state index contributed by atoms with van der Waals surface area (Å²) < 4.78 is 35.5. The van der Waals surface area contributed by atoms with Crippen LogP contribution >= 0.6 is 0 Å². The average molecular weight is 414 g/mol. The van der Waals surface area contributed by atoms with Crippen molar-refractivity contribution in [3.63, 3.8) is 0 Å². The normalized spacial score (nSPS) is 19.4. The molecule has 0 aliphatic heterocycles. The first kappa shape index (κ1) is 23.6. The Hall–Kier alpha value is -2.46. The maximum absolute atomic E-state index is 12.6. The fraction of sp³-hybridized carbons (Fsp3) is 0.500. The number of hydrogen-bond donors (Lipinski definition) is 0. The summed E-state index contributed by atoms with van der Waals surface area (Å²) in [4.78, 5) is 37.2. The van der Waals surface area contributed by atoms with Crippen molar-refractivity contribution in [3.8, 4) is 0 Å². The number of ketones is 1. The van der Waals surface area contributed by atoms with Crippen molar-refractivity contribution in [2.24, 2.45) is 5.92 Å². The molecule has 0 saturated carbocycles. The number of allylic oxidation sites excluding steroid dienone is 1. The molecule has 0 fully saturated rings. The molecule has 1 aliphatic carbocycles. The zero-order valence-electron chi connectivity index (χ0n) is 16.3. The number of carbonyl (C=O) groups excluding carboxylic acids is 3. The molecular formula is C18H26N2O7S. The number of hydrogen-bond acceptors (Lipinski definition) is 7. The van der Waals surface area contributed by atoms with Crippen molar-refractivity contribution in [2.75, 3.05) is 19.5 Å². The number of ether oxygens (including phenoxy) is 2. The van der Waals surface area contributed by atoms with E-state index in [0.29, 0.717) is 17.3 Å². The van der Waals surface area contributed by atoms with Gasteiger partial charge in [0.25, 0.3) is 0 Å². The number of Topliss-reactive ketones (excluding diaryl/α,β-unsaturated/α-hetero) is 1. The largest absolute Gasteiger partial charge is 0.444 e. The summed E-state index contributed by atoms with van der Waals surface area (Å²) in [7, 11) is -4.18. The average Bonchev–Trinajstić information content (AvgIpc) is 2.60. The van der Waals surface area contributed by atoms with Crippen molar-refractivity contribution in [2.45, 2.75) is 32.7 Å². The van der Waals surface area contributed by atoms with Crippen LogP contribution in [0.3, 0.4) is 0 Å². The van der Waals surface area contributed by atoms with E-state index in [0.717, 1.165) is 11.8 Å². The fourth-order valence-electron chi connectivity index (χ4n) is 2.83. The highest BCUT2D eigenvalue weighted by Crippen LogP contribution is 2.31. The van der Waals surface area contributed by atoms with E-state index in [-0.39, 0.29) is 24.0 Å². The first-order chi connectivity index (χ1) is 13.0. The van der Waals surface area contributed by atoms with Crippen LogP contribution in [0.1, 0.15) is 26.7 Å². The topological polar surface area (TPSA) is 110 Å². The summed E-state index contributed by atoms with van der Waals surface area (Å²) in [5.74, 6) is -0.999. The smallest absolute Gasteiger partial charge is 0.435 e. The van der Waals surface area contributed by atoms with E-state index in [9.17, 15) is 22.8 Å². The number of carbonyl (C=O) groups is 3. The summed E-state index contributed by atoms with van der Waals surface area (Å²) in [6.45, 7) is 9.42. The van der Waals surface area contributed by atoms with Gasteiger partial charge in [-0.3, -0.25) is 4.79 Å². The van der Waals surface area contributed by atoms with Gasteiger partial charge in [-0.2, -0.15) is 0 Å². The molecule has 0 unspecified atom stereocenters. The van der Waals surface area contributed by atoms with Gasteiger partial charge in [0, 0.05) is 5.92 Å². The van der Waals surface area contributed by atoms with Crippen LogP contribution in [-0.4, -0.2) is 61.3 Å². The van der Waals surface area contributed by atoms with Crippen molar-refractivity contribution >= 4 is 28.0 Å². The third-order valence-electron chi connectivity index (χ3n) is 4.03. The molecule has 0 spiro atoms. The van der Waals surface area contributed by atoms with Crippen LogP contribution in [0.4, 0.5) is 9.59 Å². The van der Waals surface area contributed by atoms with Gasteiger partial charge in [-0.05, 0) is 26.7 Å². The maximum Gasteiger partial charge on any atom is 0.435 e. The lowest BCUT2D eigenvalue weighted by molar-refractivity contribution is -0.123. The highest BCUT2D eigenvalue weighted by molar-refractivity contribution is 7.88. The zero-order valence-corrected chi connectivity index (χ0v) is 17.1. The van der Waals surface area contributed by atoms with Gasteiger partial charge in [-0.1, -0.05) is 41.4 Å². The summed E-state index contributed by atoms with van der Waals surface area (Å²) in [5, 5.41) is 0.262. The summed E-state index contributed by atoms with van der Waals surface area (Å²) in [6.07, 6.45) is 3.36. The molecule has 2 atom stereocenters. The number of sulfonamides is 1. The highest BCUT2D eigenvalue weighted by Gasteiger charge is 2.45. The minimum Gasteiger partial charge on any atom is -0.444 e. The summed E-state index contributed by atoms with van der Waals surface area (Å²) in [5.41, 5.74) is 0.829. The van der Waals surface area contributed by atoms with E-state index >= 15 is 0 Å². The van der Waals surface area contributed by atoms with E-state index < -0.39 is 34.2 Å². The number of rotatable bonds is 8. The quantitative estimate of drug-likeness (QED) is 0.443. The second-order valence-electron chi connectivity index (χ2n) is 6.34. The van der Waals surface area contributed by atoms with E-state index in [4.69, 9.17) is 9.47 Å². The van der Waals surface area contributed by atoms with Gasteiger partial charge in [0.2, 0.25) is 10.0 Å². The summed E-state index contributed by atoms with van der Waals surface area (Å²) >= 11 is 0. The predicted molar refractivity (Wildman–Crippen MR) is 103 cm³/mol. The van der Waals surface area contributed by atoms with Crippen molar-refractivity contribution in [3.05, 3.63) is 37.0 Å². The molecule has 0 aromatic carbocycles. The summed E-state index contributed by atoms with van der Waals surface area (Å²) in [6, 6.07) is -1.08. The van der Waals surface area contributed by atoms with E-state index in [1.54, 1.807) is 13.0 Å². The molecule has 0 saturated heterocycles. The van der Waals surface area contributed by atoms with Crippen LogP contribution in [0.2, 0.25) is 0 Å². The molecule has 10 heteroatoms. The number of imide groups is 1. The van der Waals surface area contributed by atoms with Gasteiger partial charge < -0.3 is 9.47 Å². The lowest BCUT2D eigenvalue weighted by Gasteiger charge is -2.39. The lowest BCUT2D eigenvalue weighted by atomic mass is 9.84. The third kappa shape index (κ3) is 6.03. The van der Waals surface area contributed by atoms with Crippen LogP contribution in [0.15, 0.2) is 37.0 Å². The van der Waals surface area contributed by atoms with Crippen LogP contribution in [0.25, 0.3) is 0 Å². The Morgan fingerprint density at radius 3 is 2.07 bits per heavy atom. The minimum atomic E-state index is -4.18. The molecular weight excluding hydrogens is 388 g/mol. The molecule has 2 amide bonds. The molecule has 0 bridgehead atoms. The maximum atomic E-state index is 12.6. The molecule has 28 heavy (non-hydrogen) atoms. The Bertz CT molecular complexity index is 749. The Labute approximate surface area is 165 Å². The predicted octanol–water partition coefficient (Wildman–Crippen LogP) is 2.42. The van der Waals surface area contributed by atoms with Crippen LogP contribution < -0.4 is 0 Å². The highest BCUT2D eigenvalue weighted by atomic mass is 32.2. The van der Waals surface area contributed by atoms with Crippen molar-refractivity contribution < 1.29 is 32.3 Å². The molecule has 9 nitrogen and oxygen atoms in total. The molecule has 0 aromatic heterocycles. The SMILES string of the molecule is C=CCOC(=O)N(C(=O)OCC=C)N([C@H]1C=C(C)CC[C@H]1C(C)=O)S(C)(=O)=O. The van der Waals surface area contributed by atoms with Gasteiger partial charge in [0.05, 0.1) is 12.3 Å². The Kier molecular flexibility index (Phi) is 8.58. The number of amides is 2. The number of nitrogens with zero attached hydrogens (tertiary/aromatic N) is 2. The Morgan fingerprint density at radius 2 is 1.68 bits per heavy atom. The molecule has 156 valence electrons. The molecule has 1 aliphatic rings. The van der Waals surface area contributed by atoms with Gasteiger partial charge in [0.15, 0.2) is 0 Å². The van der Waals surface area contributed by atoms with Crippen LogP contribution in [-0.2, 0) is 24.3 Å². The molecule has 1 rings (SSSR count). The fourth-order valence-corrected chi connectivity index (χ4v) is 3.91. The van der Waals surface area contributed by atoms with Crippen LogP contribution in [0, 0.1) is 5.92 Å². The zero-order chi connectivity index (χ0) is 21.5. The second-order valence-corrected chi connectivity index (χ2v) is 8.18. The Balaban J connectivity index is 3.52. The van der Waals surface area contributed by atoms with E-state index in [2.05, 4.69) is 13.2 Å². The molecule has 0 heterocycles.